The second-order valence-electron chi connectivity index (χ2n) is 6.87. The highest BCUT2D eigenvalue weighted by atomic mass is 35.5. The van der Waals surface area contributed by atoms with Gasteiger partial charge in [0.05, 0.1) is 18.4 Å². The van der Waals surface area contributed by atoms with Crippen LogP contribution in [0.3, 0.4) is 0 Å². The maximum atomic E-state index is 12.9. The minimum absolute atomic E-state index is 0.0238. The lowest BCUT2D eigenvalue weighted by Gasteiger charge is -2.11. The van der Waals surface area contributed by atoms with Gasteiger partial charge in [0, 0.05) is 16.8 Å². The summed E-state index contributed by atoms with van der Waals surface area (Å²) in [5, 5.41) is 7.11. The van der Waals surface area contributed by atoms with Crippen LogP contribution in [0.15, 0.2) is 76.2 Å². The molecule has 0 radical (unpaired) electrons. The second-order valence-corrected chi connectivity index (χ2v) is 7.31. The van der Waals surface area contributed by atoms with Crippen molar-refractivity contribution in [3.05, 3.63) is 87.8 Å². The smallest absolute Gasteiger partial charge is 0.339 e. The van der Waals surface area contributed by atoms with Gasteiger partial charge in [0.15, 0.2) is 0 Å². The fourth-order valence-electron chi connectivity index (χ4n) is 3.10. The first-order valence-electron chi connectivity index (χ1n) is 9.73. The molecule has 0 aliphatic heterocycles. The third-order valence-corrected chi connectivity index (χ3v) is 4.95. The Bertz CT molecular complexity index is 1380. The third kappa shape index (κ3) is 4.83. The lowest BCUT2D eigenvalue weighted by atomic mass is 10.2. The Kier molecular flexibility index (Phi) is 6.32. The number of benzene rings is 2. The van der Waals surface area contributed by atoms with Gasteiger partial charge < -0.3 is 19.1 Å². The molecule has 1 amide bonds. The zero-order valence-corrected chi connectivity index (χ0v) is 18.1. The minimum atomic E-state index is -0.585. The molecule has 1 N–H and O–H groups in total. The van der Waals surface area contributed by atoms with E-state index in [2.05, 4.69) is 15.5 Å². The van der Waals surface area contributed by atoms with Gasteiger partial charge in [0.2, 0.25) is 11.7 Å². The van der Waals surface area contributed by atoms with E-state index < -0.39 is 17.4 Å². The molecule has 4 aromatic rings. The summed E-state index contributed by atoms with van der Waals surface area (Å²) in [4.78, 5) is 41.7. The predicted molar refractivity (Wildman–Crippen MR) is 121 cm³/mol. The summed E-state index contributed by atoms with van der Waals surface area (Å²) in [6.45, 7) is -0.291. The molecule has 4 rings (SSSR count). The van der Waals surface area contributed by atoms with E-state index in [-0.39, 0.29) is 29.2 Å². The van der Waals surface area contributed by atoms with Gasteiger partial charge in [-0.1, -0.05) is 28.9 Å². The molecule has 0 saturated carbocycles. The number of esters is 1. The number of hydrogen-bond acceptors (Lipinski definition) is 7. The molecule has 0 fully saturated rings. The summed E-state index contributed by atoms with van der Waals surface area (Å²) in [5.41, 5.74) is 0.820. The lowest BCUT2D eigenvalue weighted by molar-refractivity contribution is -0.116. The molecular weight excluding hydrogens is 448 g/mol. The van der Waals surface area contributed by atoms with Crippen molar-refractivity contribution < 1.29 is 18.8 Å². The standard InChI is InChI=1S/C23H17ClN4O5/c1-32-23(31)16-5-2-3-7-18(16)25-19(29)13-28-12-4-6-17(22(28)30)21-26-20(27-33-21)14-8-10-15(24)11-9-14/h2-12H,13H2,1H3,(H,25,29). The summed E-state index contributed by atoms with van der Waals surface area (Å²) >= 11 is 5.90. The molecule has 0 aliphatic carbocycles. The number of pyridine rings is 1. The lowest BCUT2D eigenvalue weighted by Crippen LogP contribution is -2.28. The first-order chi connectivity index (χ1) is 16.0. The van der Waals surface area contributed by atoms with Gasteiger partial charge in [-0.3, -0.25) is 9.59 Å². The highest BCUT2D eigenvalue weighted by Gasteiger charge is 2.17. The van der Waals surface area contributed by atoms with Gasteiger partial charge in [-0.2, -0.15) is 4.98 Å². The van der Waals surface area contributed by atoms with Crippen LogP contribution < -0.4 is 10.9 Å². The van der Waals surface area contributed by atoms with Gasteiger partial charge >= 0.3 is 5.97 Å². The maximum absolute atomic E-state index is 12.9. The molecular formula is C23H17ClN4O5. The number of amides is 1. The number of ether oxygens (including phenoxy) is 1. The molecule has 33 heavy (non-hydrogen) atoms. The zero-order chi connectivity index (χ0) is 23.4. The number of nitrogens with zero attached hydrogens (tertiary/aromatic N) is 3. The van der Waals surface area contributed by atoms with Crippen molar-refractivity contribution in [1.29, 1.82) is 0 Å². The Morgan fingerprint density at radius 2 is 1.85 bits per heavy atom. The van der Waals surface area contributed by atoms with E-state index in [1.54, 1.807) is 48.5 Å². The van der Waals surface area contributed by atoms with Crippen LogP contribution >= 0.6 is 11.6 Å². The monoisotopic (exact) mass is 464 g/mol. The number of nitrogens with one attached hydrogen (secondary N) is 1. The van der Waals surface area contributed by atoms with E-state index in [4.69, 9.17) is 20.9 Å². The summed E-state index contributed by atoms with van der Waals surface area (Å²) in [5.74, 6) is -0.764. The molecule has 0 aliphatic rings. The number of halogens is 1. The van der Waals surface area contributed by atoms with Crippen LogP contribution in [0.25, 0.3) is 22.8 Å². The second kappa shape index (κ2) is 9.49. The van der Waals surface area contributed by atoms with Crippen molar-refractivity contribution >= 4 is 29.2 Å². The van der Waals surface area contributed by atoms with Gasteiger partial charge in [-0.15, -0.1) is 0 Å². The van der Waals surface area contributed by atoms with Crippen molar-refractivity contribution in [3.63, 3.8) is 0 Å². The fraction of sp³-hybridized carbons (Fsp3) is 0.0870. The largest absolute Gasteiger partial charge is 0.465 e. The average Bonchev–Trinajstić information content (AvgIpc) is 3.31. The van der Waals surface area contributed by atoms with Crippen molar-refractivity contribution in [2.75, 3.05) is 12.4 Å². The van der Waals surface area contributed by atoms with E-state index in [0.29, 0.717) is 16.4 Å². The van der Waals surface area contributed by atoms with Gasteiger partial charge in [-0.25, -0.2) is 4.79 Å². The highest BCUT2D eigenvalue weighted by molar-refractivity contribution is 6.30. The number of hydrogen-bond donors (Lipinski definition) is 1. The Hall–Kier alpha value is -4.24. The number of anilines is 1. The summed E-state index contributed by atoms with van der Waals surface area (Å²) < 4.78 is 11.2. The molecule has 0 unspecified atom stereocenters. The first-order valence-corrected chi connectivity index (χ1v) is 10.1. The van der Waals surface area contributed by atoms with Crippen molar-refractivity contribution in [2.24, 2.45) is 0 Å². The molecule has 0 saturated heterocycles. The van der Waals surface area contributed by atoms with Gasteiger partial charge in [0.1, 0.15) is 12.1 Å². The fourth-order valence-corrected chi connectivity index (χ4v) is 3.22. The van der Waals surface area contributed by atoms with Crippen LogP contribution in [0, 0.1) is 0 Å². The quantitative estimate of drug-likeness (QED) is 0.433. The van der Waals surface area contributed by atoms with Crippen LogP contribution in [0.1, 0.15) is 10.4 Å². The number of aromatic nitrogens is 3. The van der Waals surface area contributed by atoms with Gasteiger partial charge in [-0.05, 0) is 48.5 Å². The zero-order valence-electron chi connectivity index (χ0n) is 17.3. The van der Waals surface area contributed by atoms with Gasteiger partial charge in [0.25, 0.3) is 11.4 Å². The third-order valence-electron chi connectivity index (χ3n) is 4.70. The molecule has 10 heteroatoms. The van der Waals surface area contributed by atoms with Crippen molar-refractivity contribution in [3.8, 4) is 22.8 Å². The van der Waals surface area contributed by atoms with E-state index in [0.717, 1.165) is 0 Å². The number of carbonyl (C=O) groups excluding carboxylic acids is 2. The number of methoxy groups -OCH3 is 1. The highest BCUT2D eigenvalue weighted by Crippen LogP contribution is 2.22. The van der Waals surface area contributed by atoms with E-state index >= 15 is 0 Å². The molecule has 2 aromatic heterocycles. The number of para-hydroxylation sites is 1. The summed E-state index contributed by atoms with van der Waals surface area (Å²) in [6, 6.07) is 16.4. The van der Waals surface area contributed by atoms with Crippen LogP contribution in [0.5, 0.6) is 0 Å². The Balaban J connectivity index is 1.55. The first kappa shape index (κ1) is 22.0. The Morgan fingerprint density at radius 3 is 2.61 bits per heavy atom. The predicted octanol–water partition coefficient (Wildman–Crippen LogP) is 3.64. The van der Waals surface area contributed by atoms with Crippen LogP contribution in [-0.4, -0.2) is 33.7 Å². The molecule has 166 valence electrons. The molecule has 9 nitrogen and oxygen atoms in total. The Labute approximate surface area is 192 Å². The number of rotatable bonds is 6. The van der Waals surface area contributed by atoms with Crippen molar-refractivity contribution in [1.82, 2.24) is 14.7 Å². The molecule has 0 bridgehead atoms. The van der Waals surface area contributed by atoms with E-state index in [1.807, 2.05) is 0 Å². The topological polar surface area (TPSA) is 116 Å². The summed E-state index contributed by atoms with van der Waals surface area (Å²) in [6.07, 6.45) is 1.47. The molecule has 0 spiro atoms. The van der Waals surface area contributed by atoms with Crippen LogP contribution in [0.4, 0.5) is 5.69 Å². The number of carbonyl (C=O) groups is 2. The summed E-state index contributed by atoms with van der Waals surface area (Å²) in [7, 11) is 1.25. The van der Waals surface area contributed by atoms with Crippen LogP contribution in [-0.2, 0) is 16.1 Å². The Morgan fingerprint density at radius 1 is 1.09 bits per heavy atom. The van der Waals surface area contributed by atoms with Crippen molar-refractivity contribution in [2.45, 2.75) is 6.54 Å². The molecule has 2 aromatic carbocycles. The minimum Gasteiger partial charge on any atom is -0.465 e. The molecule has 0 atom stereocenters. The SMILES string of the molecule is COC(=O)c1ccccc1NC(=O)Cn1cccc(-c2nc(-c3ccc(Cl)cc3)no2)c1=O. The van der Waals surface area contributed by atoms with E-state index in [1.165, 1.54) is 30.0 Å². The normalized spacial score (nSPS) is 10.6. The maximum Gasteiger partial charge on any atom is 0.339 e. The van der Waals surface area contributed by atoms with E-state index in [9.17, 15) is 14.4 Å². The average molecular weight is 465 g/mol. The van der Waals surface area contributed by atoms with Crippen LogP contribution in [0.2, 0.25) is 5.02 Å². The molecule has 2 heterocycles.